The minimum Gasteiger partial charge on any atom is -0.432 e. The topological polar surface area (TPSA) is 41.3 Å². The van der Waals surface area contributed by atoms with Gasteiger partial charge in [0.2, 0.25) is 0 Å². The van der Waals surface area contributed by atoms with Crippen molar-refractivity contribution >= 4 is 6.01 Å². The summed E-state index contributed by atoms with van der Waals surface area (Å²) in [5.41, 5.74) is 1.12. The minimum absolute atomic E-state index is 0.114. The Kier molecular flexibility index (Phi) is 3.29. The zero-order chi connectivity index (χ0) is 13.5. The van der Waals surface area contributed by atoms with Crippen LogP contribution in [0.3, 0.4) is 0 Å². The maximum absolute atomic E-state index is 5.70. The van der Waals surface area contributed by atoms with Crippen LogP contribution in [0.1, 0.15) is 52.1 Å². The molecule has 1 aromatic heterocycles. The fourth-order valence-electron chi connectivity index (χ4n) is 2.21. The molecule has 0 spiro atoms. The number of nitrogens with one attached hydrogen (secondary N) is 1. The average molecular weight is 263 g/mol. The van der Waals surface area contributed by atoms with Crippen LogP contribution in [0, 0.1) is 5.92 Å². The molecule has 0 unspecified atom stereocenters. The van der Waals surface area contributed by atoms with E-state index in [0.29, 0.717) is 6.04 Å². The summed E-state index contributed by atoms with van der Waals surface area (Å²) in [6.07, 6.45) is 7.15. The predicted molar refractivity (Wildman–Crippen MR) is 76.2 cm³/mol. The summed E-state index contributed by atoms with van der Waals surface area (Å²) in [6.45, 7) is 8.40. The lowest BCUT2D eigenvalue weighted by Gasteiger charge is -2.20. The Balaban J connectivity index is 1.61. The third-order valence-corrected chi connectivity index (χ3v) is 3.72. The number of aromatic nitrogens is 1. The van der Waals surface area contributed by atoms with Gasteiger partial charge in [-0.05, 0) is 52.4 Å². The van der Waals surface area contributed by atoms with Gasteiger partial charge in [-0.2, -0.15) is 4.98 Å². The van der Waals surface area contributed by atoms with Gasteiger partial charge in [0.05, 0.1) is 5.69 Å². The Morgan fingerprint density at radius 3 is 2.63 bits per heavy atom. The monoisotopic (exact) mass is 263 g/mol. The van der Waals surface area contributed by atoms with Crippen molar-refractivity contribution < 1.29 is 4.42 Å². The summed E-state index contributed by atoms with van der Waals surface area (Å²) in [5, 5.41) is 3.45. The van der Waals surface area contributed by atoms with Gasteiger partial charge in [-0.3, -0.25) is 0 Å². The first-order valence-electron chi connectivity index (χ1n) is 7.47. The fraction of sp³-hybridized carbons (Fsp3) is 0.800. The second-order valence-electron chi connectivity index (χ2n) is 7.05. The van der Waals surface area contributed by atoms with Gasteiger partial charge < -0.3 is 14.6 Å². The predicted octanol–water partition coefficient (Wildman–Crippen LogP) is 2.94. The van der Waals surface area contributed by atoms with Crippen LogP contribution in [0.15, 0.2) is 10.7 Å². The van der Waals surface area contributed by atoms with E-state index in [1.54, 1.807) is 6.26 Å². The molecule has 19 heavy (non-hydrogen) atoms. The molecule has 4 nitrogen and oxygen atoms in total. The van der Waals surface area contributed by atoms with Crippen LogP contribution in [0.5, 0.6) is 0 Å². The van der Waals surface area contributed by atoms with E-state index in [9.17, 15) is 0 Å². The number of oxazole rings is 1. The molecule has 1 aromatic rings. The first-order chi connectivity index (χ1) is 9.01. The van der Waals surface area contributed by atoms with Crippen molar-refractivity contribution in [2.75, 3.05) is 11.4 Å². The summed E-state index contributed by atoms with van der Waals surface area (Å²) < 4.78 is 5.70. The van der Waals surface area contributed by atoms with Crippen molar-refractivity contribution in [1.82, 2.24) is 10.3 Å². The Bertz CT molecular complexity index is 427. The number of nitrogens with zero attached hydrogens (tertiary/aromatic N) is 2. The van der Waals surface area contributed by atoms with Crippen LogP contribution < -0.4 is 10.2 Å². The first-order valence-corrected chi connectivity index (χ1v) is 7.47. The Hall–Kier alpha value is -1.03. The molecule has 0 saturated heterocycles. The molecule has 3 rings (SSSR count). The normalized spacial score (nSPS) is 19.7. The van der Waals surface area contributed by atoms with Gasteiger partial charge in [0, 0.05) is 24.7 Å². The largest absolute Gasteiger partial charge is 0.432 e. The number of hydrogen-bond donors (Lipinski definition) is 1. The van der Waals surface area contributed by atoms with Gasteiger partial charge in [-0.1, -0.05) is 0 Å². The molecule has 2 saturated carbocycles. The first kappa shape index (κ1) is 13.0. The van der Waals surface area contributed by atoms with Gasteiger partial charge in [0.25, 0.3) is 6.01 Å². The van der Waals surface area contributed by atoms with Gasteiger partial charge in [0.15, 0.2) is 0 Å². The lowest BCUT2D eigenvalue weighted by Crippen LogP contribution is -2.35. The van der Waals surface area contributed by atoms with Gasteiger partial charge >= 0.3 is 0 Å². The molecule has 2 aliphatic carbocycles. The van der Waals surface area contributed by atoms with E-state index in [1.807, 2.05) is 0 Å². The van der Waals surface area contributed by atoms with Crippen LogP contribution in [-0.4, -0.2) is 23.1 Å². The van der Waals surface area contributed by atoms with E-state index < -0.39 is 0 Å². The molecule has 2 fully saturated rings. The molecular weight excluding hydrogens is 238 g/mol. The number of hydrogen-bond acceptors (Lipinski definition) is 4. The van der Waals surface area contributed by atoms with E-state index in [-0.39, 0.29) is 5.54 Å². The number of rotatable bonds is 6. The van der Waals surface area contributed by atoms with Crippen LogP contribution in [0.4, 0.5) is 6.01 Å². The molecular formula is C15H25N3O. The molecule has 0 radical (unpaired) electrons. The SMILES string of the molecule is CC(C)(C)NCc1coc(N(CC2CC2)C2CC2)n1. The highest BCUT2D eigenvalue weighted by Gasteiger charge is 2.36. The van der Waals surface area contributed by atoms with E-state index in [0.717, 1.165) is 30.7 Å². The number of anilines is 1. The molecule has 0 aromatic carbocycles. The standard InChI is InChI=1S/C15H25N3O/c1-15(2,3)16-8-12-10-19-14(17-12)18(13-6-7-13)9-11-4-5-11/h10-11,13,16H,4-9H2,1-3H3. The van der Waals surface area contributed by atoms with Crippen molar-refractivity contribution in [1.29, 1.82) is 0 Å². The molecule has 1 N–H and O–H groups in total. The van der Waals surface area contributed by atoms with Crippen molar-refractivity contribution in [3.63, 3.8) is 0 Å². The Morgan fingerprint density at radius 1 is 1.32 bits per heavy atom. The fourth-order valence-corrected chi connectivity index (χ4v) is 2.21. The van der Waals surface area contributed by atoms with E-state index in [4.69, 9.17) is 4.42 Å². The summed E-state index contributed by atoms with van der Waals surface area (Å²) in [6, 6.07) is 1.52. The van der Waals surface area contributed by atoms with E-state index in [1.165, 1.54) is 25.7 Å². The third kappa shape index (κ3) is 3.72. The van der Waals surface area contributed by atoms with Crippen LogP contribution >= 0.6 is 0 Å². The molecule has 0 bridgehead atoms. The Morgan fingerprint density at radius 2 is 2.05 bits per heavy atom. The summed E-state index contributed by atoms with van der Waals surface area (Å²) in [4.78, 5) is 7.04. The lowest BCUT2D eigenvalue weighted by molar-refractivity contribution is 0.421. The van der Waals surface area contributed by atoms with E-state index in [2.05, 4.69) is 36.0 Å². The second kappa shape index (κ2) is 4.82. The molecule has 2 aliphatic rings. The zero-order valence-corrected chi connectivity index (χ0v) is 12.3. The third-order valence-electron chi connectivity index (χ3n) is 3.72. The Labute approximate surface area is 115 Å². The van der Waals surface area contributed by atoms with Crippen molar-refractivity contribution in [2.24, 2.45) is 5.92 Å². The second-order valence-corrected chi connectivity index (χ2v) is 7.05. The highest BCUT2D eigenvalue weighted by molar-refractivity contribution is 5.32. The molecule has 4 heteroatoms. The lowest BCUT2D eigenvalue weighted by atomic mass is 10.1. The van der Waals surface area contributed by atoms with Crippen molar-refractivity contribution in [3.05, 3.63) is 12.0 Å². The maximum Gasteiger partial charge on any atom is 0.297 e. The highest BCUT2D eigenvalue weighted by Crippen LogP contribution is 2.37. The van der Waals surface area contributed by atoms with Gasteiger partial charge in [0.1, 0.15) is 6.26 Å². The molecule has 1 heterocycles. The van der Waals surface area contributed by atoms with Crippen molar-refractivity contribution in [2.45, 2.75) is 64.6 Å². The van der Waals surface area contributed by atoms with Crippen molar-refractivity contribution in [3.8, 4) is 0 Å². The minimum atomic E-state index is 0.114. The van der Waals surface area contributed by atoms with Gasteiger partial charge in [-0.15, -0.1) is 0 Å². The average Bonchev–Trinajstić information content (AvgIpc) is 3.22. The molecule has 0 atom stereocenters. The zero-order valence-electron chi connectivity index (χ0n) is 12.3. The summed E-state index contributed by atoms with van der Waals surface area (Å²) in [7, 11) is 0. The van der Waals surface area contributed by atoms with E-state index >= 15 is 0 Å². The summed E-state index contributed by atoms with van der Waals surface area (Å²) in [5.74, 6) is 0.878. The maximum atomic E-state index is 5.70. The quantitative estimate of drug-likeness (QED) is 0.856. The highest BCUT2D eigenvalue weighted by atomic mass is 16.4. The molecule has 0 amide bonds. The van der Waals surface area contributed by atoms with Gasteiger partial charge in [-0.25, -0.2) is 0 Å². The van der Waals surface area contributed by atoms with Crippen LogP contribution in [-0.2, 0) is 6.54 Å². The summed E-state index contributed by atoms with van der Waals surface area (Å²) >= 11 is 0. The van der Waals surface area contributed by atoms with Crippen LogP contribution in [0.25, 0.3) is 0 Å². The molecule has 0 aliphatic heterocycles. The smallest absolute Gasteiger partial charge is 0.297 e. The van der Waals surface area contributed by atoms with Crippen LogP contribution in [0.2, 0.25) is 0 Å². The molecule has 106 valence electrons.